The minimum absolute atomic E-state index is 0.125. The highest BCUT2D eigenvalue weighted by Gasteiger charge is 2.24. The van der Waals surface area contributed by atoms with Crippen LogP contribution in [-0.4, -0.2) is 29.9 Å². The van der Waals surface area contributed by atoms with Crippen LogP contribution in [0, 0.1) is 0 Å². The standard InChI is InChI=1S/C17H28N4O/c1-2-3-4-5-6-7-10-15-11-12-16(22)21(15)14-9-8-13-20-17(18)19/h3-4,6-7,10H,2,5,8-9,11-14H2,1H3,(H4,18,19,20)/b4-3+,7-6+,15-10+. The number of hydrogen-bond acceptors (Lipinski definition) is 2. The van der Waals surface area contributed by atoms with Crippen molar-refractivity contribution in [2.75, 3.05) is 13.1 Å². The summed E-state index contributed by atoms with van der Waals surface area (Å²) >= 11 is 0. The molecule has 1 amide bonds. The fraction of sp³-hybridized carbons (Fsp3) is 0.529. The normalized spacial score (nSPS) is 17.2. The number of amides is 1. The third kappa shape index (κ3) is 7.11. The molecule has 122 valence electrons. The second-order valence-corrected chi connectivity index (χ2v) is 5.26. The zero-order valence-corrected chi connectivity index (χ0v) is 13.5. The second kappa shape index (κ2) is 10.7. The van der Waals surface area contributed by atoms with E-state index in [9.17, 15) is 4.79 Å². The number of likely N-dealkylation sites (tertiary alicyclic amines) is 1. The van der Waals surface area contributed by atoms with E-state index in [-0.39, 0.29) is 11.9 Å². The fourth-order valence-electron chi connectivity index (χ4n) is 2.30. The lowest BCUT2D eigenvalue weighted by molar-refractivity contribution is -0.126. The number of unbranched alkanes of at least 4 members (excludes halogenated alkanes) is 1. The predicted octanol–water partition coefficient (Wildman–Crippen LogP) is 2.46. The lowest BCUT2D eigenvalue weighted by atomic mass is 10.2. The van der Waals surface area contributed by atoms with E-state index in [1.165, 1.54) is 0 Å². The number of rotatable bonds is 9. The summed E-state index contributed by atoms with van der Waals surface area (Å²) in [5, 5.41) is 0. The van der Waals surface area contributed by atoms with Gasteiger partial charge in [0.05, 0.1) is 0 Å². The molecule has 22 heavy (non-hydrogen) atoms. The number of carbonyl (C=O) groups excluding carboxylic acids is 1. The van der Waals surface area contributed by atoms with Crippen molar-refractivity contribution in [2.45, 2.75) is 45.4 Å². The number of guanidine groups is 1. The van der Waals surface area contributed by atoms with Crippen molar-refractivity contribution in [1.29, 1.82) is 0 Å². The first kappa shape index (κ1) is 18.0. The van der Waals surface area contributed by atoms with Gasteiger partial charge >= 0.3 is 0 Å². The minimum Gasteiger partial charge on any atom is -0.370 e. The zero-order chi connectivity index (χ0) is 16.2. The molecule has 0 bridgehead atoms. The summed E-state index contributed by atoms with van der Waals surface area (Å²) in [5.74, 6) is 0.340. The third-order valence-corrected chi connectivity index (χ3v) is 3.43. The van der Waals surface area contributed by atoms with Crippen LogP contribution < -0.4 is 11.5 Å². The molecule has 0 radical (unpaired) electrons. The molecule has 4 N–H and O–H groups in total. The van der Waals surface area contributed by atoms with Gasteiger partial charge in [-0.3, -0.25) is 9.79 Å². The molecule has 1 aliphatic heterocycles. The number of aliphatic imine (C=N–C) groups is 1. The maximum atomic E-state index is 11.9. The molecule has 1 fully saturated rings. The predicted molar refractivity (Wildman–Crippen MR) is 92.1 cm³/mol. The molecule has 0 aromatic rings. The van der Waals surface area contributed by atoms with Gasteiger partial charge in [0, 0.05) is 25.2 Å². The molecule has 0 spiro atoms. The molecule has 0 unspecified atom stereocenters. The molecule has 1 heterocycles. The van der Waals surface area contributed by atoms with Crippen molar-refractivity contribution in [1.82, 2.24) is 4.90 Å². The van der Waals surface area contributed by atoms with Crippen LogP contribution in [0.25, 0.3) is 0 Å². The number of carbonyl (C=O) groups is 1. The molecular weight excluding hydrogens is 276 g/mol. The average molecular weight is 304 g/mol. The number of nitrogens with zero attached hydrogens (tertiary/aromatic N) is 2. The van der Waals surface area contributed by atoms with Crippen molar-refractivity contribution >= 4 is 11.9 Å². The molecule has 1 aliphatic rings. The largest absolute Gasteiger partial charge is 0.370 e. The second-order valence-electron chi connectivity index (χ2n) is 5.26. The van der Waals surface area contributed by atoms with Gasteiger partial charge < -0.3 is 16.4 Å². The van der Waals surface area contributed by atoms with E-state index < -0.39 is 0 Å². The Kier molecular flexibility index (Phi) is 8.72. The molecular formula is C17H28N4O. The summed E-state index contributed by atoms with van der Waals surface area (Å²) < 4.78 is 0. The smallest absolute Gasteiger partial charge is 0.227 e. The average Bonchev–Trinajstić information content (AvgIpc) is 2.83. The SMILES string of the molecule is CC/C=C/C/C=C/C=C1\CCC(=O)N1CCCCN=C(N)N. The summed E-state index contributed by atoms with van der Waals surface area (Å²) in [6.07, 6.45) is 15.7. The van der Waals surface area contributed by atoms with Crippen LogP contribution >= 0.6 is 0 Å². The van der Waals surface area contributed by atoms with Crippen molar-refractivity contribution in [3.05, 3.63) is 36.1 Å². The topological polar surface area (TPSA) is 84.7 Å². The highest BCUT2D eigenvalue weighted by atomic mass is 16.2. The molecule has 0 atom stereocenters. The van der Waals surface area contributed by atoms with Gasteiger partial charge in [-0.25, -0.2) is 0 Å². The van der Waals surface area contributed by atoms with Crippen LogP contribution in [0.1, 0.15) is 45.4 Å². The molecule has 0 aromatic carbocycles. The molecule has 0 aliphatic carbocycles. The van der Waals surface area contributed by atoms with E-state index in [2.05, 4.69) is 36.2 Å². The lowest BCUT2D eigenvalue weighted by Crippen LogP contribution is -2.25. The van der Waals surface area contributed by atoms with Gasteiger partial charge in [-0.05, 0) is 38.2 Å². The molecule has 0 aromatic heterocycles. The van der Waals surface area contributed by atoms with E-state index in [0.717, 1.165) is 44.3 Å². The van der Waals surface area contributed by atoms with Crippen molar-refractivity contribution < 1.29 is 4.79 Å². The van der Waals surface area contributed by atoms with E-state index in [1.807, 2.05) is 11.0 Å². The highest BCUT2D eigenvalue weighted by Crippen LogP contribution is 2.22. The Morgan fingerprint density at radius 2 is 2.05 bits per heavy atom. The number of allylic oxidation sites excluding steroid dienone is 6. The quantitative estimate of drug-likeness (QED) is 0.297. The first-order valence-electron chi connectivity index (χ1n) is 8.01. The molecule has 0 saturated carbocycles. The first-order valence-corrected chi connectivity index (χ1v) is 8.01. The Balaban J connectivity index is 2.40. The highest BCUT2D eigenvalue weighted by molar-refractivity contribution is 5.81. The fourth-order valence-corrected chi connectivity index (χ4v) is 2.30. The van der Waals surface area contributed by atoms with Gasteiger partial charge in [-0.2, -0.15) is 0 Å². The van der Waals surface area contributed by atoms with E-state index >= 15 is 0 Å². The number of nitrogens with two attached hydrogens (primary N) is 2. The third-order valence-electron chi connectivity index (χ3n) is 3.43. The summed E-state index contributed by atoms with van der Waals surface area (Å²) in [6, 6.07) is 0. The molecule has 1 rings (SSSR count). The minimum atomic E-state index is 0.125. The number of hydrogen-bond donors (Lipinski definition) is 2. The van der Waals surface area contributed by atoms with Gasteiger partial charge in [-0.1, -0.05) is 31.2 Å². The Labute approximate surface area is 133 Å². The Morgan fingerprint density at radius 1 is 1.23 bits per heavy atom. The van der Waals surface area contributed by atoms with Crippen LogP contribution in [0.4, 0.5) is 0 Å². The van der Waals surface area contributed by atoms with Gasteiger partial charge in [0.2, 0.25) is 5.91 Å². The van der Waals surface area contributed by atoms with Gasteiger partial charge in [-0.15, -0.1) is 0 Å². The van der Waals surface area contributed by atoms with Crippen LogP contribution in [0.5, 0.6) is 0 Å². The Morgan fingerprint density at radius 3 is 2.77 bits per heavy atom. The molecule has 5 heteroatoms. The van der Waals surface area contributed by atoms with Gasteiger partial charge in [0.15, 0.2) is 5.96 Å². The maximum absolute atomic E-state index is 11.9. The maximum Gasteiger partial charge on any atom is 0.227 e. The summed E-state index contributed by atoms with van der Waals surface area (Å²) in [7, 11) is 0. The van der Waals surface area contributed by atoms with Crippen molar-refractivity contribution in [3.8, 4) is 0 Å². The Bertz CT molecular complexity index is 459. The first-order chi connectivity index (χ1) is 10.6. The summed E-state index contributed by atoms with van der Waals surface area (Å²) in [5.41, 5.74) is 11.7. The van der Waals surface area contributed by atoms with Gasteiger partial charge in [0.1, 0.15) is 0 Å². The molecule has 1 saturated heterocycles. The summed E-state index contributed by atoms with van der Waals surface area (Å²) in [4.78, 5) is 17.8. The van der Waals surface area contributed by atoms with E-state index in [0.29, 0.717) is 13.0 Å². The van der Waals surface area contributed by atoms with Crippen molar-refractivity contribution in [3.63, 3.8) is 0 Å². The zero-order valence-electron chi connectivity index (χ0n) is 13.5. The Hall–Kier alpha value is -2.04. The van der Waals surface area contributed by atoms with Crippen LogP contribution in [0.2, 0.25) is 0 Å². The molecule has 5 nitrogen and oxygen atoms in total. The van der Waals surface area contributed by atoms with Crippen molar-refractivity contribution in [2.24, 2.45) is 16.5 Å². The summed E-state index contributed by atoms with van der Waals surface area (Å²) in [6.45, 7) is 3.48. The monoisotopic (exact) mass is 304 g/mol. The van der Waals surface area contributed by atoms with Crippen LogP contribution in [-0.2, 0) is 4.79 Å². The van der Waals surface area contributed by atoms with Crippen LogP contribution in [0.15, 0.2) is 41.1 Å². The lowest BCUT2D eigenvalue weighted by Gasteiger charge is -2.17. The van der Waals surface area contributed by atoms with E-state index in [4.69, 9.17) is 11.5 Å². The van der Waals surface area contributed by atoms with Crippen LogP contribution in [0.3, 0.4) is 0 Å². The van der Waals surface area contributed by atoms with Gasteiger partial charge in [0.25, 0.3) is 0 Å². The van der Waals surface area contributed by atoms with E-state index in [1.54, 1.807) is 0 Å².